The van der Waals surface area contributed by atoms with E-state index >= 15 is 0 Å². The van der Waals surface area contributed by atoms with Crippen LogP contribution in [0, 0.1) is 17.8 Å². The second kappa shape index (κ2) is 13.8. The number of amides is 2. The van der Waals surface area contributed by atoms with Gasteiger partial charge in [-0.15, -0.1) is 0 Å². The molecule has 0 aromatic heterocycles. The third kappa shape index (κ3) is 8.47. The highest BCUT2D eigenvalue weighted by Crippen LogP contribution is 2.24. The van der Waals surface area contributed by atoms with Crippen LogP contribution in [0.1, 0.15) is 81.9 Å². The van der Waals surface area contributed by atoms with Crippen molar-refractivity contribution in [1.29, 1.82) is 0 Å². The zero-order valence-electron chi connectivity index (χ0n) is 23.0. The van der Waals surface area contributed by atoms with Crippen LogP contribution < -0.4 is 15.5 Å². The number of hydrogen-bond donors (Lipinski definition) is 2. The molecular formula is C29H46N4O4. The number of hydrogen-bond acceptors (Lipinski definition) is 7. The van der Waals surface area contributed by atoms with Gasteiger partial charge in [0, 0.05) is 62.7 Å². The van der Waals surface area contributed by atoms with Crippen molar-refractivity contribution in [3.05, 3.63) is 29.3 Å². The quantitative estimate of drug-likeness (QED) is 0.424. The minimum atomic E-state index is -0.141. The maximum absolute atomic E-state index is 12.4. The highest BCUT2D eigenvalue weighted by Gasteiger charge is 2.23. The van der Waals surface area contributed by atoms with Crippen LogP contribution in [0.5, 0.6) is 0 Å². The summed E-state index contributed by atoms with van der Waals surface area (Å²) in [5, 5.41) is 5.69. The average molecular weight is 515 g/mol. The first-order valence-corrected chi connectivity index (χ1v) is 13.9. The fourth-order valence-corrected chi connectivity index (χ4v) is 5.11. The number of imide groups is 1. The maximum atomic E-state index is 12.4. The molecule has 1 unspecified atom stereocenters. The molecule has 8 heteroatoms. The summed E-state index contributed by atoms with van der Waals surface area (Å²) < 4.78 is 0. The van der Waals surface area contributed by atoms with Crippen LogP contribution in [0.2, 0.25) is 0 Å². The Morgan fingerprint density at radius 1 is 1.03 bits per heavy atom. The normalized spacial score (nSPS) is 21.3. The Morgan fingerprint density at radius 3 is 2.27 bits per heavy atom. The van der Waals surface area contributed by atoms with E-state index in [0.717, 1.165) is 37.8 Å². The Balaban J connectivity index is 0.000000430. The molecular weight excluding hydrogens is 468 g/mol. The van der Waals surface area contributed by atoms with Crippen LogP contribution in [0.3, 0.4) is 0 Å². The average Bonchev–Trinajstić information content (AvgIpc) is 2.90. The molecule has 2 amide bonds. The molecule has 4 rings (SSSR count). The van der Waals surface area contributed by atoms with Gasteiger partial charge in [-0.3, -0.25) is 29.4 Å². The molecule has 1 aromatic rings. The molecule has 1 atom stereocenters. The van der Waals surface area contributed by atoms with Crippen molar-refractivity contribution in [3.8, 4) is 0 Å². The van der Waals surface area contributed by atoms with Crippen molar-refractivity contribution >= 4 is 29.1 Å². The number of ketones is 2. The van der Waals surface area contributed by atoms with Crippen LogP contribution in [-0.2, 0) is 9.59 Å². The summed E-state index contributed by atoms with van der Waals surface area (Å²) in [6, 6.07) is 5.77. The summed E-state index contributed by atoms with van der Waals surface area (Å²) in [7, 11) is 0. The minimum absolute atomic E-state index is 0. The van der Waals surface area contributed by atoms with Gasteiger partial charge < -0.3 is 10.2 Å². The number of Topliss-reactive ketones (excluding diaryl/α,β-unsaturated/α-hetero) is 2. The number of benzene rings is 1. The molecule has 0 aliphatic carbocycles. The number of piperidine rings is 2. The molecule has 3 aliphatic heterocycles. The van der Waals surface area contributed by atoms with Gasteiger partial charge in [0.15, 0.2) is 11.6 Å². The summed E-state index contributed by atoms with van der Waals surface area (Å²) in [6.07, 6.45) is 5.13. The zero-order valence-corrected chi connectivity index (χ0v) is 23.0. The maximum Gasteiger partial charge on any atom is 0.229 e. The van der Waals surface area contributed by atoms with E-state index in [0.29, 0.717) is 24.0 Å². The molecule has 1 aromatic carbocycles. The Labute approximate surface area is 223 Å². The molecule has 2 N–H and O–H groups in total. The molecule has 37 heavy (non-hydrogen) atoms. The third-order valence-electron chi connectivity index (χ3n) is 7.74. The summed E-state index contributed by atoms with van der Waals surface area (Å²) in [5.74, 6) is 0.522. The Bertz CT molecular complexity index is 969. The highest BCUT2D eigenvalue weighted by molar-refractivity contribution is 6.09. The van der Waals surface area contributed by atoms with Crippen molar-refractivity contribution in [1.82, 2.24) is 15.5 Å². The first-order chi connectivity index (χ1) is 17.7. The number of anilines is 1. The van der Waals surface area contributed by atoms with Crippen molar-refractivity contribution in [2.24, 2.45) is 17.8 Å². The van der Waals surface area contributed by atoms with E-state index in [9.17, 15) is 19.2 Å². The summed E-state index contributed by atoms with van der Waals surface area (Å²) in [6.45, 7) is 14.7. The second-order valence-corrected chi connectivity index (χ2v) is 11.0. The fraction of sp³-hybridized carbons (Fsp3) is 0.655. The van der Waals surface area contributed by atoms with Gasteiger partial charge in [-0.25, -0.2) is 0 Å². The lowest BCUT2D eigenvalue weighted by molar-refractivity contribution is -0.135. The van der Waals surface area contributed by atoms with E-state index in [1.54, 1.807) is 6.92 Å². The number of piperazine rings is 1. The number of nitrogens with one attached hydrogen (secondary N) is 2. The molecule has 3 heterocycles. The summed E-state index contributed by atoms with van der Waals surface area (Å²) in [5.41, 5.74) is 2.18. The SMILES string of the molecule is CC(=O)c1cc(N2CCN(CCC3CCNCC3)CC2)ccc1C(=O)C(C)C.CC1CCC(=O)NC1=O.[HH]. The van der Waals surface area contributed by atoms with Gasteiger partial charge in [-0.05, 0) is 76.4 Å². The third-order valence-corrected chi connectivity index (χ3v) is 7.74. The van der Waals surface area contributed by atoms with Crippen molar-refractivity contribution in [2.45, 2.75) is 59.8 Å². The van der Waals surface area contributed by atoms with Crippen molar-refractivity contribution in [2.75, 3.05) is 50.7 Å². The molecule has 0 saturated carbocycles. The molecule has 206 valence electrons. The summed E-state index contributed by atoms with van der Waals surface area (Å²) in [4.78, 5) is 50.6. The topological polar surface area (TPSA) is 98.8 Å². The zero-order chi connectivity index (χ0) is 26.9. The predicted molar refractivity (Wildman–Crippen MR) is 148 cm³/mol. The number of nitrogens with zero attached hydrogens (tertiary/aromatic N) is 2. The first-order valence-electron chi connectivity index (χ1n) is 13.9. The molecule has 3 fully saturated rings. The first kappa shape index (κ1) is 29.0. The Morgan fingerprint density at radius 2 is 1.70 bits per heavy atom. The standard InChI is InChI=1S/C23H35N3O2.C6H9NO2.H2/c1-17(2)23(28)21-5-4-20(16-22(21)18(3)27)26-14-12-25(13-15-26)11-8-19-6-9-24-10-7-19;1-4-2-3-5(8)7-6(4)9;/h4-5,16-17,19,24H,6-15H2,1-3H3;4H,2-3H2,1H3,(H,7,8,9);1H. The number of carbonyl (C=O) groups excluding carboxylic acids is 4. The lowest BCUT2D eigenvalue weighted by Gasteiger charge is -2.37. The van der Waals surface area contributed by atoms with Gasteiger partial charge >= 0.3 is 0 Å². The van der Waals surface area contributed by atoms with Gasteiger partial charge in [0.25, 0.3) is 0 Å². The molecule has 0 radical (unpaired) electrons. The fourth-order valence-electron chi connectivity index (χ4n) is 5.11. The summed E-state index contributed by atoms with van der Waals surface area (Å²) >= 11 is 0. The van der Waals surface area contributed by atoms with Crippen LogP contribution in [0.4, 0.5) is 5.69 Å². The van der Waals surface area contributed by atoms with E-state index in [1.165, 1.54) is 38.9 Å². The highest BCUT2D eigenvalue weighted by atomic mass is 16.2. The predicted octanol–water partition coefficient (Wildman–Crippen LogP) is 3.54. The second-order valence-electron chi connectivity index (χ2n) is 11.0. The minimum Gasteiger partial charge on any atom is -0.369 e. The van der Waals surface area contributed by atoms with E-state index in [-0.39, 0.29) is 36.6 Å². The van der Waals surface area contributed by atoms with Gasteiger partial charge in [0.1, 0.15) is 0 Å². The molecule has 8 nitrogen and oxygen atoms in total. The lowest BCUT2D eigenvalue weighted by atomic mass is 9.94. The van der Waals surface area contributed by atoms with E-state index in [2.05, 4.69) is 20.4 Å². The molecule has 0 bridgehead atoms. The molecule has 3 aliphatic rings. The van der Waals surface area contributed by atoms with Crippen LogP contribution in [0.15, 0.2) is 18.2 Å². The van der Waals surface area contributed by atoms with Crippen LogP contribution in [0.25, 0.3) is 0 Å². The Hall–Kier alpha value is -2.58. The number of rotatable bonds is 7. The van der Waals surface area contributed by atoms with E-state index in [1.807, 2.05) is 39.0 Å². The van der Waals surface area contributed by atoms with Gasteiger partial charge in [-0.1, -0.05) is 20.8 Å². The largest absolute Gasteiger partial charge is 0.369 e. The van der Waals surface area contributed by atoms with E-state index in [4.69, 9.17) is 0 Å². The number of carbonyl (C=O) groups is 4. The van der Waals surface area contributed by atoms with E-state index < -0.39 is 0 Å². The molecule has 0 spiro atoms. The monoisotopic (exact) mass is 514 g/mol. The van der Waals surface area contributed by atoms with Crippen LogP contribution >= 0.6 is 0 Å². The van der Waals surface area contributed by atoms with Crippen LogP contribution in [-0.4, -0.2) is 74.1 Å². The van der Waals surface area contributed by atoms with Gasteiger partial charge in [0.2, 0.25) is 11.8 Å². The lowest BCUT2D eigenvalue weighted by Crippen LogP contribution is -2.47. The molecule has 3 saturated heterocycles. The smallest absolute Gasteiger partial charge is 0.229 e. The van der Waals surface area contributed by atoms with Gasteiger partial charge in [0.05, 0.1) is 0 Å². The van der Waals surface area contributed by atoms with Crippen molar-refractivity contribution in [3.63, 3.8) is 0 Å². The van der Waals surface area contributed by atoms with Crippen molar-refractivity contribution < 1.29 is 20.6 Å². The van der Waals surface area contributed by atoms with Gasteiger partial charge in [-0.2, -0.15) is 0 Å². The Kier molecular flexibility index (Phi) is 10.8.